The first-order chi connectivity index (χ1) is 9.91. The lowest BCUT2D eigenvalue weighted by molar-refractivity contribution is 0.506. The second-order valence-corrected chi connectivity index (χ2v) is 9.49. The average molecular weight is 388 g/mol. The first kappa shape index (κ1) is 17.1. The minimum Gasteiger partial charge on any atom is -0.309 e. The van der Waals surface area contributed by atoms with Crippen LogP contribution in [0.2, 0.25) is 0 Å². The molecule has 0 spiro atoms. The van der Waals surface area contributed by atoms with Gasteiger partial charge in [0, 0.05) is 22.8 Å². The molecule has 0 saturated heterocycles. The van der Waals surface area contributed by atoms with Gasteiger partial charge in [-0.05, 0) is 52.6 Å². The Hall–Kier alpha value is -0.300. The predicted molar refractivity (Wildman–Crippen MR) is 95.4 cm³/mol. The number of aromatic nitrogens is 2. The highest BCUT2D eigenvalue weighted by molar-refractivity contribution is 9.11. The molecule has 116 valence electrons. The first-order valence-corrected chi connectivity index (χ1v) is 9.60. The SMILES string of the molecule is CCCNC(Cc1ccc(Br)s1)c1snnc1C(C)(C)C. The van der Waals surface area contributed by atoms with Gasteiger partial charge in [-0.25, -0.2) is 0 Å². The first-order valence-electron chi connectivity index (χ1n) is 7.22. The van der Waals surface area contributed by atoms with Crippen LogP contribution in [0.25, 0.3) is 0 Å². The Balaban J connectivity index is 2.25. The molecule has 2 rings (SSSR count). The molecule has 0 saturated carbocycles. The van der Waals surface area contributed by atoms with E-state index in [0.717, 1.165) is 25.1 Å². The van der Waals surface area contributed by atoms with Gasteiger partial charge in [0.05, 0.1) is 14.4 Å². The van der Waals surface area contributed by atoms with Crippen molar-refractivity contribution in [3.63, 3.8) is 0 Å². The molecule has 2 heterocycles. The molecular formula is C15H22BrN3S2. The van der Waals surface area contributed by atoms with Gasteiger partial charge in [0.1, 0.15) is 0 Å². The molecule has 2 aromatic heterocycles. The van der Waals surface area contributed by atoms with Crippen molar-refractivity contribution in [3.05, 3.63) is 31.4 Å². The Morgan fingerprint density at radius 1 is 1.33 bits per heavy atom. The number of nitrogens with one attached hydrogen (secondary N) is 1. The molecule has 0 radical (unpaired) electrons. The lowest BCUT2D eigenvalue weighted by Gasteiger charge is -2.22. The van der Waals surface area contributed by atoms with E-state index in [1.807, 2.05) is 0 Å². The molecule has 0 bridgehead atoms. The Morgan fingerprint density at radius 2 is 2.10 bits per heavy atom. The number of halogens is 1. The molecule has 6 heteroatoms. The summed E-state index contributed by atoms with van der Waals surface area (Å²) in [5.41, 5.74) is 1.15. The van der Waals surface area contributed by atoms with Crippen LogP contribution in [0.3, 0.4) is 0 Å². The van der Waals surface area contributed by atoms with Gasteiger partial charge in [-0.3, -0.25) is 0 Å². The molecule has 0 amide bonds. The molecule has 0 aliphatic rings. The van der Waals surface area contributed by atoms with Gasteiger partial charge in [-0.15, -0.1) is 16.4 Å². The van der Waals surface area contributed by atoms with Crippen LogP contribution in [-0.4, -0.2) is 16.1 Å². The van der Waals surface area contributed by atoms with Gasteiger partial charge < -0.3 is 5.32 Å². The lowest BCUT2D eigenvalue weighted by atomic mass is 9.89. The molecule has 1 unspecified atom stereocenters. The Bertz CT molecular complexity index is 571. The number of nitrogens with zero attached hydrogens (tertiary/aromatic N) is 2. The summed E-state index contributed by atoms with van der Waals surface area (Å²) in [7, 11) is 0. The summed E-state index contributed by atoms with van der Waals surface area (Å²) < 4.78 is 5.40. The van der Waals surface area contributed by atoms with Crippen molar-refractivity contribution in [3.8, 4) is 0 Å². The average Bonchev–Trinajstić information content (AvgIpc) is 3.02. The van der Waals surface area contributed by atoms with Gasteiger partial charge in [-0.2, -0.15) is 0 Å². The van der Waals surface area contributed by atoms with Gasteiger partial charge in [0.2, 0.25) is 0 Å². The molecule has 0 aromatic carbocycles. The summed E-state index contributed by atoms with van der Waals surface area (Å²) in [6.07, 6.45) is 2.12. The summed E-state index contributed by atoms with van der Waals surface area (Å²) in [6, 6.07) is 4.61. The Morgan fingerprint density at radius 3 is 2.67 bits per heavy atom. The van der Waals surface area contributed by atoms with Crippen LogP contribution in [0.1, 0.15) is 55.6 Å². The highest BCUT2D eigenvalue weighted by Crippen LogP contribution is 2.33. The lowest BCUT2D eigenvalue weighted by Crippen LogP contribution is -2.26. The molecule has 1 atom stereocenters. The summed E-state index contributed by atoms with van der Waals surface area (Å²) in [6.45, 7) is 9.81. The quantitative estimate of drug-likeness (QED) is 0.762. The van der Waals surface area contributed by atoms with Gasteiger partial charge >= 0.3 is 0 Å². The van der Waals surface area contributed by atoms with E-state index in [0.29, 0.717) is 6.04 Å². The highest BCUT2D eigenvalue weighted by Gasteiger charge is 2.27. The van der Waals surface area contributed by atoms with E-state index >= 15 is 0 Å². The minimum atomic E-state index is 0.0323. The van der Waals surface area contributed by atoms with E-state index in [2.05, 4.69) is 70.7 Å². The van der Waals surface area contributed by atoms with Crippen molar-refractivity contribution in [1.82, 2.24) is 14.9 Å². The Labute approximate surface area is 143 Å². The van der Waals surface area contributed by atoms with Crippen molar-refractivity contribution in [2.24, 2.45) is 0 Å². The highest BCUT2D eigenvalue weighted by atomic mass is 79.9. The third-order valence-corrected chi connectivity index (χ3v) is 5.70. The van der Waals surface area contributed by atoms with Crippen molar-refractivity contribution in [1.29, 1.82) is 0 Å². The fourth-order valence-electron chi connectivity index (χ4n) is 2.18. The zero-order valence-corrected chi connectivity index (χ0v) is 16.2. The monoisotopic (exact) mass is 387 g/mol. The normalized spacial score (nSPS) is 13.6. The smallest absolute Gasteiger partial charge is 0.0857 e. The fourth-order valence-corrected chi connectivity index (χ4v) is 4.65. The van der Waals surface area contributed by atoms with Crippen molar-refractivity contribution in [2.45, 2.75) is 52.0 Å². The van der Waals surface area contributed by atoms with Gasteiger partial charge in [0.25, 0.3) is 0 Å². The van der Waals surface area contributed by atoms with Crippen LogP contribution in [0.15, 0.2) is 15.9 Å². The van der Waals surface area contributed by atoms with Crippen molar-refractivity contribution >= 4 is 38.8 Å². The van der Waals surface area contributed by atoms with Crippen molar-refractivity contribution in [2.75, 3.05) is 6.54 Å². The van der Waals surface area contributed by atoms with Gasteiger partial charge in [-0.1, -0.05) is 32.2 Å². The predicted octanol–water partition coefficient (Wildman–Crippen LogP) is 4.94. The third kappa shape index (κ3) is 4.58. The van der Waals surface area contributed by atoms with Crippen LogP contribution in [0, 0.1) is 0 Å². The van der Waals surface area contributed by atoms with Gasteiger partial charge in [0.15, 0.2) is 0 Å². The topological polar surface area (TPSA) is 37.8 Å². The molecule has 0 aliphatic carbocycles. The molecule has 21 heavy (non-hydrogen) atoms. The molecule has 0 fully saturated rings. The minimum absolute atomic E-state index is 0.0323. The third-order valence-electron chi connectivity index (χ3n) is 3.22. The Kier molecular flexibility index (Phi) is 5.94. The number of thiophene rings is 1. The molecule has 2 aromatic rings. The van der Waals surface area contributed by atoms with E-state index in [-0.39, 0.29) is 5.41 Å². The summed E-state index contributed by atoms with van der Waals surface area (Å²) in [5, 5.41) is 8.05. The van der Waals surface area contributed by atoms with Crippen LogP contribution in [0.5, 0.6) is 0 Å². The summed E-state index contributed by atoms with van der Waals surface area (Å²) in [4.78, 5) is 2.66. The summed E-state index contributed by atoms with van der Waals surface area (Å²) >= 11 is 6.88. The molecule has 0 aliphatic heterocycles. The van der Waals surface area contributed by atoms with E-state index in [9.17, 15) is 0 Å². The van der Waals surface area contributed by atoms with Crippen LogP contribution in [0.4, 0.5) is 0 Å². The van der Waals surface area contributed by atoms with Crippen molar-refractivity contribution < 1.29 is 0 Å². The van der Waals surface area contributed by atoms with E-state index < -0.39 is 0 Å². The van der Waals surface area contributed by atoms with Crippen LogP contribution >= 0.6 is 38.8 Å². The van der Waals surface area contributed by atoms with Crippen LogP contribution < -0.4 is 5.32 Å². The molecular weight excluding hydrogens is 366 g/mol. The van der Waals surface area contributed by atoms with E-state index in [1.54, 1.807) is 11.3 Å². The number of hydrogen-bond donors (Lipinski definition) is 1. The molecule has 3 nitrogen and oxygen atoms in total. The maximum atomic E-state index is 4.39. The van der Waals surface area contributed by atoms with Crippen LogP contribution in [-0.2, 0) is 11.8 Å². The largest absolute Gasteiger partial charge is 0.309 e. The zero-order chi connectivity index (χ0) is 15.5. The number of hydrogen-bond acceptors (Lipinski definition) is 5. The standard InChI is InChI=1S/C15H22BrN3S2/c1-5-8-17-11(9-10-6-7-12(16)20-10)13-14(15(2,3)4)18-19-21-13/h6-7,11,17H,5,8-9H2,1-4H3. The maximum Gasteiger partial charge on any atom is 0.0857 e. The number of rotatable bonds is 6. The van der Waals surface area contributed by atoms with E-state index in [4.69, 9.17) is 0 Å². The second kappa shape index (κ2) is 7.31. The zero-order valence-electron chi connectivity index (χ0n) is 12.9. The van der Waals surface area contributed by atoms with E-state index in [1.165, 1.54) is 25.1 Å². The maximum absolute atomic E-state index is 4.39. The summed E-state index contributed by atoms with van der Waals surface area (Å²) in [5.74, 6) is 0. The molecule has 1 N–H and O–H groups in total. The second-order valence-electron chi connectivity index (χ2n) is 6.15. The fraction of sp³-hybridized carbons (Fsp3) is 0.600.